The van der Waals surface area contributed by atoms with Crippen LogP contribution in [0.3, 0.4) is 0 Å². The lowest BCUT2D eigenvalue weighted by molar-refractivity contribution is -0.127. The molecule has 0 radical (unpaired) electrons. The number of hydrogen-bond acceptors (Lipinski definition) is 3. The van der Waals surface area contributed by atoms with E-state index in [-0.39, 0.29) is 11.7 Å². The summed E-state index contributed by atoms with van der Waals surface area (Å²) in [7, 11) is 1.81. The Balaban J connectivity index is 1.80. The number of imidazole rings is 1. The van der Waals surface area contributed by atoms with Crippen LogP contribution in [0.4, 0.5) is 4.39 Å². The molecular weight excluding hydrogens is 369 g/mol. The van der Waals surface area contributed by atoms with Gasteiger partial charge in [-0.25, -0.2) is 9.37 Å². The first-order chi connectivity index (χ1) is 12.9. The summed E-state index contributed by atoms with van der Waals surface area (Å²) in [5, 5.41) is 3.48. The number of nitrogens with one attached hydrogen (secondary N) is 1. The molecule has 1 aromatic heterocycles. The zero-order valence-electron chi connectivity index (χ0n) is 14.9. The van der Waals surface area contributed by atoms with E-state index in [9.17, 15) is 9.18 Å². The fourth-order valence-corrected chi connectivity index (χ4v) is 2.79. The zero-order valence-corrected chi connectivity index (χ0v) is 15.7. The molecule has 3 rings (SSSR count). The number of hydrogen-bond donors (Lipinski definition) is 1. The van der Waals surface area contributed by atoms with Crippen LogP contribution in [0, 0.1) is 5.82 Å². The van der Waals surface area contributed by atoms with Gasteiger partial charge in [0.25, 0.3) is 5.91 Å². The topological polar surface area (TPSA) is 56.1 Å². The number of carbonyl (C=O) groups is 1. The monoisotopic (exact) mass is 387 g/mol. The van der Waals surface area contributed by atoms with Gasteiger partial charge < -0.3 is 14.6 Å². The molecule has 27 heavy (non-hydrogen) atoms. The Hall–Kier alpha value is -2.86. The first-order valence-electron chi connectivity index (χ1n) is 8.39. The van der Waals surface area contributed by atoms with Crippen molar-refractivity contribution in [2.24, 2.45) is 7.05 Å². The van der Waals surface area contributed by atoms with Gasteiger partial charge in [-0.15, -0.1) is 0 Å². The Labute approximate surface area is 161 Å². The molecule has 0 saturated heterocycles. The molecule has 1 amide bonds. The predicted molar refractivity (Wildman–Crippen MR) is 101 cm³/mol. The van der Waals surface area contributed by atoms with Crippen molar-refractivity contribution in [1.82, 2.24) is 14.9 Å². The fourth-order valence-electron chi connectivity index (χ4n) is 2.67. The smallest absolute Gasteiger partial charge is 0.261 e. The van der Waals surface area contributed by atoms with Gasteiger partial charge >= 0.3 is 0 Å². The van der Waals surface area contributed by atoms with Gasteiger partial charge in [0.1, 0.15) is 23.4 Å². The molecule has 0 aliphatic rings. The molecule has 3 aromatic rings. The van der Waals surface area contributed by atoms with Crippen molar-refractivity contribution in [3.63, 3.8) is 0 Å². The molecule has 7 heteroatoms. The molecule has 2 atom stereocenters. The van der Waals surface area contributed by atoms with E-state index >= 15 is 0 Å². The van der Waals surface area contributed by atoms with Gasteiger partial charge in [-0.2, -0.15) is 0 Å². The third-order valence-electron chi connectivity index (χ3n) is 4.08. The Morgan fingerprint density at radius 2 is 2.00 bits per heavy atom. The van der Waals surface area contributed by atoms with Gasteiger partial charge in [-0.3, -0.25) is 4.79 Å². The summed E-state index contributed by atoms with van der Waals surface area (Å²) in [6.07, 6.45) is 2.63. The predicted octanol–water partition coefficient (Wildman–Crippen LogP) is 3.89. The van der Waals surface area contributed by atoms with E-state index in [1.807, 2.05) is 7.05 Å². The fraction of sp³-hybridized carbons (Fsp3) is 0.200. The van der Waals surface area contributed by atoms with Crippen molar-refractivity contribution in [3.05, 3.63) is 83.2 Å². The second kappa shape index (κ2) is 8.22. The van der Waals surface area contributed by atoms with Crippen molar-refractivity contribution < 1.29 is 13.9 Å². The Bertz CT molecular complexity index is 927. The summed E-state index contributed by atoms with van der Waals surface area (Å²) in [4.78, 5) is 17.0. The summed E-state index contributed by atoms with van der Waals surface area (Å²) in [5.74, 6) is 0.391. The average molecular weight is 388 g/mol. The van der Waals surface area contributed by atoms with Crippen LogP contribution >= 0.6 is 11.6 Å². The quantitative estimate of drug-likeness (QED) is 0.698. The highest BCUT2D eigenvalue weighted by molar-refractivity contribution is 6.30. The maximum absolute atomic E-state index is 13.7. The number of rotatable bonds is 6. The highest BCUT2D eigenvalue weighted by atomic mass is 35.5. The first-order valence-corrected chi connectivity index (χ1v) is 8.77. The van der Waals surface area contributed by atoms with Crippen molar-refractivity contribution >= 4 is 17.5 Å². The SMILES string of the molecule is C[C@H](Oc1ccc(Cl)cc1)C(=O)N[C@H](c1cccc(F)c1)c1nccn1C. The minimum absolute atomic E-state index is 0.345. The molecule has 0 fully saturated rings. The summed E-state index contributed by atoms with van der Waals surface area (Å²) in [6.45, 7) is 1.64. The van der Waals surface area contributed by atoms with Gasteiger partial charge in [0.05, 0.1) is 0 Å². The lowest BCUT2D eigenvalue weighted by Gasteiger charge is -2.22. The number of halogens is 2. The molecule has 1 heterocycles. The van der Waals surface area contributed by atoms with E-state index in [0.717, 1.165) is 0 Å². The number of carbonyl (C=O) groups excluding carboxylic acids is 1. The number of aryl methyl sites for hydroxylation is 1. The molecule has 140 valence electrons. The van der Waals surface area contributed by atoms with Crippen LogP contribution in [0.2, 0.25) is 5.02 Å². The lowest BCUT2D eigenvalue weighted by atomic mass is 10.1. The van der Waals surface area contributed by atoms with Crippen LogP contribution in [0.5, 0.6) is 5.75 Å². The van der Waals surface area contributed by atoms with Gasteiger partial charge in [0.15, 0.2) is 6.10 Å². The van der Waals surface area contributed by atoms with Gasteiger partial charge in [0.2, 0.25) is 0 Å². The zero-order chi connectivity index (χ0) is 19.4. The van der Waals surface area contributed by atoms with Crippen molar-refractivity contribution in [2.45, 2.75) is 19.1 Å². The third-order valence-corrected chi connectivity index (χ3v) is 4.33. The molecular formula is C20H19ClFN3O2. The largest absolute Gasteiger partial charge is 0.481 e. The summed E-state index contributed by atoms with van der Waals surface area (Å²) >= 11 is 5.86. The molecule has 5 nitrogen and oxygen atoms in total. The van der Waals surface area contributed by atoms with E-state index in [4.69, 9.17) is 16.3 Å². The maximum Gasteiger partial charge on any atom is 0.261 e. The second-order valence-corrected chi connectivity index (χ2v) is 6.54. The number of amides is 1. The van der Waals surface area contributed by atoms with Crippen LogP contribution in [0.1, 0.15) is 24.4 Å². The van der Waals surface area contributed by atoms with E-state index in [0.29, 0.717) is 22.2 Å². The molecule has 1 N–H and O–H groups in total. The van der Waals surface area contributed by atoms with Crippen LogP contribution in [-0.2, 0) is 11.8 Å². The lowest BCUT2D eigenvalue weighted by Crippen LogP contribution is -2.39. The van der Waals surface area contributed by atoms with E-state index in [1.54, 1.807) is 60.3 Å². The van der Waals surface area contributed by atoms with E-state index < -0.39 is 12.1 Å². The van der Waals surface area contributed by atoms with Gasteiger partial charge in [-0.1, -0.05) is 23.7 Å². The normalized spacial score (nSPS) is 13.0. The highest BCUT2D eigenvalue weighted by Crippen LogP contribution is 2.22. The first kappa shape index (κ1) is 18.9. The number of benzene rings is 2. The van der Waals surface area contributed by atoms with Gasteiger partial charge in [0, 0.05) is 24.5 Å². The summed E-state index contributed by atoms with van der Waals surface area (Å²) in [5.41, 5.74) is 0.594. The van der Waals surface area contributed by atoms with E-state index in [1.165, 1.54) is 12.1 Å². The standard InChI is InChI=1S/C20H19ClFN3O2/c1-13(27-17-8-6-15(21)7-9-17)20(26)24-18(19-23-10-11-25(19)2)14-4-3-5-16(22)12-14/h3-13,18H,1-2H3,(H,24,26)/t13-,18+/m0/s1. The van der Waals surface area contributed by atoms with Crippen LogP contribution in [0.15, 0.2) is 60.9 Å². The molecule has 0 saturated carbocycles. The molecule has 0 bridgehead atoms. The second-order valence-electron chi connectivity index (χ2n) is 6.11. The van der Waals surface area contributed by atoms with Crippen molar-refractivity contribution in [2.75, 3.05) is 0 Å². The average Bonchev–Trinajstić information content (AvgIpc) is 3.07. The van der Waals surface area contributed by atoms with Crippen molar-refractivity contribution in [1.29, 1.82) is 0 Å². The van der Waals surface area contributed by atoms with Crippen LogP contribution in [0.25, 0.3) is 0 Å². The van der Waals surface area contributed by atoms with Crippen LogP contribution in [-0.4, -0.2) is 21.6 Å². The minimum atomic E-state index is -0.762. The Morgan fingerprint density at radius 3 is 2.63 bits per heavy atom. The van der Waals surface area contributed by atoms with Crippen LogP contribution < -0.4 is 10.1 Å². The Morgan fingerprint density at radius 1 is 1.26 bits per heavy atom. The molecule has 2 aromatic carbocycles. The maximum atomic E-state index is 13.7. The summed E-state index contributed by atoms with van der Waals surface area (Å²) in [6, 6.07) is 12.2. The van der Waals surface area contributed by atoms with Crippen molar-refractivity contribution in [3.8, 4) is 5.75 Å². The van der Waals surface area contributed by atoms with E-state index in [2.05, 4.69) is 10.3 Å². The Kier molecular flexibility index (Phi) is 5.76. The van der Waals surface area contributed by atoms with Gasteiger partial charge in [-0.05, 0) is 48.9 Å². The highest BCUT2D eigenvalue weighted by Gasteiger charge is 2.24. The molecule has 0 aliphatic carbocycles. The summed E-state index contributed by atoms with van der Waals surface area (Å²) < 4.78 is 21.2. The third kappa shape index (κ3) is 4.65. The molecule has 0 aliphatic heterocycles. The minimum Gasteiger partial charge on any atom is -0.481 e. The number of ether oxygens (including phenoxy) is 1. The molecule has 0 unspecified atom stereocenters. The number of nitrogens with zero attached hydrogens (tertiary/aromatic N) is 2. The molecule has 0 spiro atoms. The number of aromatic nitrogens is 2.